The molecule has 4 nitrogen and oxygen atoms in total. The number of hydrogen-bond acceptors (Lipinski definition) is 3. The quantitative estimate of drug-likeness (QED) is 0.826. The van der Waals surface area contributed by atoms with Gasteiger partial charge in [-0.15, -0.1) is 12.4 Å². The summed E-state index contributed by atoms with van der Waals surface area (Å²) in [6.07, 6.45) is -4.98. The van der Waals surface area contributed by atoms with Crippen LogP contribution >= 0.6 is 12.4 Å². The predicted octanol–water partition coefficient (Wildman–Crippen LogP) is 1.98. The van der Waals surface area contributed by atoms with Gasteiger partial charge >= 0.3 is 6.18 Å². The molecule has 2 N–H and O–H groups in total. The first kappa shape index (κ1) is 18.7. The molecule has 1 amide bonds. The van der Waals surface area contributed by atoms with E-state index in [1.54, 1.807) is 0 Å². The van der Waals surface area contributed by atoms with Crippen LogP contribution in [0.15, 0.2) is 18.2 Å². The van der Waals surface area contributed by atoms with E-state index in [0.29, 0.717) is 25.2 Å². The molecule has 1 unspecified atom stereocenters. The molecule has 124 valence electrons. The number of carbonyl (C=O) groups excluding carboxylic acids is 1. The van der Waals surface area contributed by atoms with Crippen molar-refractivity contribution in [1.82, 2.24) is 10.6 Å². The molecule has 9 heteroatoms. The molecule has 1 aromatic rings. The molecule has 1 aliphatic heterocycles. The first-order valence-corrected chi connectivity index (χ1v) is 6.23. The van der Waals surface area contributed by atoms with Crippen molar-refractivity contribution < 1.29 is 27.1 Å². The lowest BCUT2D eigenvalue weighted by molar-refractivity contribution is -0.137. The van der Waals surface area contributed by atoms with Crippen molar-refractivity contribution in [2.24, 2.45) is 0 Å². The van der Waals surface area contributed by atoms with Gasteiger partial charge in [0.05, 0.1) is 17.7 Å². The Kier molecular flexibility index (Phi) is 6.16. The molecular formula is C13H15ClF4N2O2. The van der Waals surface area contributed by atoms with Crippen LogP contribution in [0.5, 0.6) is 0 Å². The van der Waals surface area contributed by atoms with Crippen LogP contribution in [-0.4, -0.2) is 38.3 Å². The Balaban J connectivity index is 0.00000242. The van der Waals surface area contributed by atoms with Gasteiger partial charge < -0.3 is 15.4 Å². The molecular weight excluding hydrogens is 328 g/mol. The van der Waals surface area contributed by atoms with Gasteiger partial charge in [-0.1, -0.05) is 0 Å². The predicted molar refractivity (Wildman–Crippen MR) is 73.6 cm³/mol. The zero-order valence-corrected chi connectivity index (χ0v) is 12.4. The van der Waals surface area contributed by atoms with Crippen molar-refractivity contribution in [3.8, 4) is 0 Å². The van der Waals surface area contributed by atoms with E-state index in [2.05, 4.69) is 10.6 Å². The molecule has 22 heavy (non-hydrogen) atoms. The van der Waals surface area contributed by atoms with Crippen molar-refractivity contribution in [3.63, 3.8) is 0 Å². The van der Waals surface area contributed by atoms with Crippen LogP contribution in [0.1, 0.15) is 15.9 Å². The zero-order valence-electron chi connectivity index (χ0n) is 11.5. The van der Waals surface area contributed by atoms with E-state index in [0.717, 1.165) is 6.07 Å². The second kappa shape index (κ2) is 7.26. The van der Waals surface area contributed by atoms with Crippen LogP contribution in [0.2, 0.25) is 0 Å². The Morgan fingerprint density at radius 3 is 2.59 bits per heavy atom. The number of hydrogen-bond donors (Lipinski definition) is 2. The maximum atomic E-state index is 13.3. The second-order valence-electron chi connectivity index (χ2n) is 4.74. The molecule has 1 heterocycles. The number of nitrogens with one attached hydrogen (secondary N) is 2. The maximum absolute atomic E-state index is 13.3. The topological polar surface area (TPSA) is 50.4 Å². The number of methoxy groups -OCH3 is 1. The van der Waals surface area contributed by atoms with Gasteiger partial charge in [0.25, 0.3) is 5.91 Å². The number of rotatable bonds is 3. The third-order valence-corrected chi connectivity index (χ3v) is 3.27. The average molecular weight is 343 g/mol. The molecule has 2 atom stereocenters. The molecule has 1 fully saturated rings. The lowest BCUT2D eigenvalue weighted by atomic mass is 10.1. The Bertz CT molecular complexity index is 539. The minimum Gasteiger partial charge on any atom is -0.378 e. The van der Waals surface area contributed by atoms with Crippen molar-refractivity contribution >= 4 is 18.3 Å². The third-order valence-electron chi connectivity index (χ3n) is 3.27. The Labute approximate surface area is 130 Å². The highest BCUT2D eigenvalue weighted by molar-refractivity contribution is 5.94. The number of benzene rings is 1. The van der Waals surface area contributed by atoms with Gasteiger partial charge in [-0.3, -0.25) is 4.79 Å². The molecule has 0 aliphatic carbocycles. The first-order chi connectivity index (χ1) is 9.81. The van der Waals surface area contributed by atoms with E-state index in [4.69, 9.17) is 4.74 Å². The van der Waals surface area contributed by atoms with Crippen LogP contribution in [0.25, 0.3) is 0 Å². The molecule has 0 saturated carbocycles. The summed E-state index contributed by atoms with van der Waals surface area (Å²) in [5.41, 5.74) is -1.57. The number of halogens is 5. The van der Waals surface area contributed by atoms with Crippen LogP contribution in [0.4, 0.5) is 17.6 Å². The zero-order chi connectivity index (χ0) is 15.6. The smallest absolute Gasteiger partial charge is 0.378 e. The number of ether oxygens (including phenoxy) is 1. The highest BCUT2D eigenvalue weighted by atomic mass is 35.5. The van der Waals surface area contributed by atoms with E-state index in [-0.39, 0.29) is 30.1 Å². The summed E-state index contributed by atoms with van der Waals surface area (Å²) in [5, 5.41) is 5.52. The summed E-state index contributed by atoms with van der Waals surface area (Å²) in [6, 6.07) is 1.38. The largest absolute Gasteiger partial charge is 0.416 e. The Morgan fingerprint density at radius 2 is 2.00 bits per heavy atom. The SMILES string of the molecule is CO[C@H]1CNCC1NC(=O)c1cc(F)cc(C(F)(F)F)c1.Cl. The molecule has 0 radical (unpaired) electrons. The highest BCUT2D eigenvalue weighted by Crippen LogP contribution is 2.30. The summed E-state index contributed by atoms with van der Waals surface area (Å²) in [4.78, 5) is 12.0. The van der Waals surface area contributed by atoms with E-state index in [1.165, 1.54) is 7.11 Å². The fraction of sp³-hybridized carbons (Fsp3) is 0.462. The fourth-order valence-electron chi connectivity index (χ4n) is 2.18. The minimum absolute atomic E-state index is 0. The Hall–Kier alpha value is -1.38. The molecule has 0 spiro atoms. The highest BCUT2D eigenvalue weighted by Gasteiger charge is 2.33. The molecule has 0 aromatic heterocycles. The van der Waals surface area contributed by atoms with Crippen LogP contribution in [-0.2, 0) is 10.9 Å². The fourth-order valence-corrected chi connectivity index (χ4v) is 2.18. The monoisotopic (exact) mass is 342 g/mol. The van der Waals surface area contributed by atoms with Gasteiger partial charge in [0.15, 0.2) is 0 Å². The molecule has 1 saturated heterocycles. The number of carbonyl (C=O) groups is 1. The molecule has 1 aromatic carbocycles. The van der Waals surface area contributed by atoms with Gasteiger partial charge in [0.1, 0.15) is 5.82 Å². The third kappa shape index (κ3) is 4.31. The van der Waals surface area contributed by atoms with E-state index < -0.39 is 23.5 Å². The molecule has 0 bridgehead atoms. The van der Waals surface area contributed by atoms with Gasteiger partial charge in [-0.2, -0.15) is 13.2 Å². The van der Waals surface area contributed by atoms with E-state index in [1.807, 2.05) is 0 Å². The summed E-state index contributed by atoms with van der Waals surface area (Å²) in [7, 11) is 1.47. The standard InChI is InChI=1S/C13H14F4N2O2.ClH/c1-21-11-6-18-5-10(11)19-12(20)7-2-8(13(15,16)17)4-9(14)3-7;/h2-4,10-11,18H,5-6H2,1H3,(H,19,20);1H/t10?,11-;/m0./s1. The normalized spacial score (nSPS) is 21.3. The summed E-state index contributed by atoms with van der Waals surface area (Å²) in [6.45, 7) is 0.962. The van der Waals surface area contributed by atoms with Gasteiger partial charge in [0, 0.05) is 25.8 Å². The van der Waals surface area contributed by atoms with Crippen molar-refractivity contribution in [3.05, 3.63) is 35.1 Å². The minimum atomic E-state index is -4.71. The first-order valence-electron chi connectivity index (χ1n) is 6.23. The number of alkyl halides is 3. The van der Waals surface area contributed by atoms with E-state index in [9.17, 15) is 22.4 Å². The van der Waals surface area contributed by atoms with Crippen LogP contribution < -0.4 is 10.6 Å². The summed E-state index contributed by atoms with van der Waals surface area (Å²) >= 11 is 0. The van der Waals surface area contributed by atoms with Crippen molar-refractivity contribution in [1.29, 1.82) is 0 Å². The molecule has 1 aliphatic rings. The average Bonchev–Trinajstić information content (AvgIpc) is 2.84. The van der Waals surface area contributed by atoms with Gasteiger partial charge in [-0.25, -0.2) is 4.39 Å². The molecule has 2 rings (SSSR count). The van der Waals surface area contributed by atoms with Crippen LogP contribution in [0, 0.1) is 5.82 Å². The van der Waals surface area contributed by atoms with Crippen molar-refractivity contribution in [2.75, 3.05) is 20.2 Å². The Morgan fingerprint density at radius 1 is 1.32 bits per heavy atom. The van der Waals surface area contributed by atoms with E-state index >= 15 is 0 Å². The second-order valence-corrected chi connectivity index (χ2v) is 4.74. The van der Waals surface area contributed by atoms with Crippen molar-refractivity contribution in [2.45, 2.75) is 18.3 Å². The van der Waals surface area contributed by atoms with Gasteiger partial charge in [0.2, 0.25) is 0 Å². The summed E-state index contributed by atoms with van der Waals surface area (Å²) < 4.78 is 56.2. The van der Waals surface area contributed by atoms with Crippen LogP contribution in [0.3, 0.4) is 0 Å². The summed E-state index contributed by atoms with van der Waals surface area (Å²) in [5.74, 6) is -1.88. The van der Waals surface area contributed by atoms with Gasteiger partial charge in [-0.05, 0) is 18.2 Å². The maximum Gasteiger partial charge on any atom is 0.416 e. The lowest BCUT2D eigenvalue weighted by Crippen LogP contribution is -2.43. The number of amides is 1. The lowest BCUT2D eigenvalue weighted by Gasteiger charge is -2.19.